The van der Waals surface area contributed by atoms with Crippen molar-refractivity contribution < 1.29 is 25.9 Å². The molecule has 1 atom stereocenters. The Labute approximate surface area is 99.4 Å². The Bertz CT molecular complexity index is 334. The summed E-state index contributed by atoms with van der Waals surface area (Å²) < 4.78 is 31.9. The molecule has 0 spiro atoms. The van der Waals surface area contributed by atoms with Gasteiger partial charge in [-0.2, -0.15) is 0 Å². The molecule has 10 nitrogen and oxygen atoms in total. The molecule has 11 heteroatoms. The molecule has 102 valence electrons. The zero-order chi connectivity index (χ0) is 14.1. The van der Waals surface area contributed by atoms with Crippen LogP contribution in [0.3, 0.4) is 0 Å². The van der Waals surface area contributed by atoms with Crippen LogP contribution in [0.4, 0.5) is 0 Å². The zero-order valence-electron chi connectivity index (χ0n) is 8.83. The summed E-state index contributed by atoms with van der Waals surface area (Å²) >= 11 is -5.25. The number of nitrogens with one attached hydrogen (secondary N) is 2. The van der Waals surface area contributed by atoms with E-state index >= 15 is 0 Å². The fraction of sp³-hybridized carbons (Fsp3) is 0.667. The first-order valence-electron chi connectivity index (χ1n) is 4.30. The number of hydrogen-bond acceptors (Lipinski definition) is 5. The first kappa shape index (κ1) is 18.1. The van der Waals surface area contributed by atoms with E-state index in [1.807, 2.05) is 0 Å². The molecule has 0 fully saturated rings. The predicted octanol–water partition coefficient (Wildman–Crippen LogP) is -3.07. The second-order valence-corrected chi connectivity index (χ2v) is 4.75. The molecule has 0 unspecified atom stereocenters. The molecule has 0 aromatic heterocycles. The van der Waals surface area contributed by atoms with Crippen LogP contribution in [0.15, 0.2) is 0 Å². The van der Waals surface area contributed by atoms with E-state index in [4.69, 9.17) is 38.0 Å². The molecule has 0 saturated carbocycles. The van der Waals surface area contributed by atoms with E-state index < -0.39 is 25.4 Å². The van der Waals surface area contributed by atoms with E-state index in [-0.39, 0.29) is 5.96 Å². The summed E-state index contributed by atoms with van der Waals surface area (Å²) in [5.74, 6) is -1.11. The third-order valence-corrected chi connectivity index (χ3v) is 1.32. The van der Waals surface area contributed by atoms with E-state index in [2.05, 4.69) is 5.32 Å². The van der Waals surface area contributed by atoms with Gasteiger partial charge >= 0.3 is 35.4 Å². The molecular weight excluding hydrogens is 303 g/mol. The number of aliphatic carboxylic acids is 1. The van der Waals surface area contributed by atoms with Gasteiger partial charge in [0.05, 0.1) is 0 Å². The molecular formula is C6H16N4O6Se. The zero-order valence-corrected chi connectivity index (χ0v) is 10.5. The van der Waals surface area contributed by atoms with Crippen LogP contribution in [0.1, 0.15) is 12.8 Å². The van der Waals surface area contributed by atoms with Crippen molar-refractivity contribution in [1.29, 1.82) is 5.41 Å². The second kappa shape index (κ2) is 8.84. The molecule has 0 aliphatic heterocycles. The number of carboxylic acids is 1. The van der Waals surface area contributed by atoms with E-state index in [9.17, 15) is 4.79 Å². The number of rotatable bonds is 5. The summed E-state index contributed by atoms with van der Waals surface area (Å²) in [6, 6.07) is -0.821. The van der Waals surface area contributed by atoms with Gasteiger partial charge < -0.3 is 21.9 Å². The van der Waals surface area contributed by atoms with Crippen LogP contribution in [0, 0.1) is 5.41 Å². The molecule has 0 amide bonds. The maximum absolute atomic E-state index is 10.2. The second-order valence-electron chi connectivity index (χ2n) is 2.88. The molecule has 0 aromatic rings. The van der Waals surface area contributed by atoms with E-state index in [1.54, 1.807) is 0 Å². The average molecular weight is 319 g/mol. The quantitative estimate of drug-likeness (QED) is 0.119. The van der Waals surface area contributed by atoms with Crippen molar-refractivity contribution in [2.24, 2.45) is 11.5 Å². The Hall–Kier alpha value is -1.26. The third kappa shape index (κ3) is 25.2. The monoisotopic (exact) mass is 320 g/mol. The Morgan fingerprint density at radius 2 is 1.82 bits per heavy atom. The van der Waals surface area contributed by atoms with Crippen LogP contribution in [-0.4, -0.2) is 51.4 Å². The van der Waals surface area contributed by atoms with Gasteiger partial charge in [-0.3, -0.25) is 10.2 Å². The van der Waals surface area contributed by atoms with Gasteiger partial charge in [0.2, 0.25) is 0 Å². The Kier molecular flexibility index (Phi) is 9.42. The van der Waals surface area contributed by atoms with Gasteiger partial charge in [0.25, 0.3) is 0 Å². The van der Waals surface area contributed by atoms with Crippen LogP contribution in [0.2, 0.25) is 0 Å². The Morgan fingerprint density at radius 3 is 2.12 bits per heavy atom. The summed E-state index contributed by atoms with van der Waals surface area (Å²) in [4.78, 5) is 10.2. The van der Waals surface area contributed by atoms with Crippen LogP contribution in [0.5, 0.6) is 0 Å². The van der Waals surface area contributed by atoms with E-state index in [0.717, 1.165) is 0 Å². The normalized spacial score (nSPS) is 11.9. The number of carbonyl (C=O) groups is 1. The molecule has 0 radical (unpaired) electrons. The molecule has 0 saturated heterocycles. The Morgan fingerprint density at radius 1 is 1.41 bits per heavy atom. The molecule has 0 aliphatic rings. The van der Waals surface area contributed by atoms with E-state index in [0.29, 0.717) is 19.4 Å². The summed E-state index contributed by atoms with van der Waals surface area (Å²) in [6.07, 6.45) is 0.975. The van der Waals surface area contributed by atoms with E-state index in [1.165, 1.54) is 0 Å². The third-order valence-electron chi connectivity index (χ3n) is 1.32. The summed E-state index contributed by atoms with van der Waals surface area (Å²) in [7, 11) is 0. The molecule has 0 aromatic carbocycles. The van der Waals surface area contributed by atoms with Crippen molar-refractivity contribution in [1.82, 2.24) is 5.32 Å². The van der Waals surface area contributed by atoms with Crippen LogP contribution >= 0.6 is 0 Å². The van der Waals surface area contributed by atoms with Crippen LogP contribution in [-0.2, 0) is 12.5 Å². The first-order chi connectivity index (χ1) is 7.54. The summed E-state index contributed by atoms with van der Waals surface area (Å²) in [5, 5.41) is 17.7. The standard InChI is InChI=1S/C6H14N4O2.H2O4Se/c7-4(5(11)12)2-1-3-10-6(8)9;1-5(2,3)4/h4H,1-3,7H2,(H,11,12)(H4,8,9,10);(H2,1,2,3,4)/t4-;/m0./s1. The number of guanidine groups is 1. The summed E-state index contributed by atoms with van der Waals surface area (Å²) in [6.45, 7) is 0.482. The minimum atomic E-state index is -5.25. The maximum atomic E-state index is 10.2. The van der Waals surface area contributed by atoms with Gasteiger partial charge in [0.1, 0.15) is 6.04 Å². The molecule has 9 N–H and O–H groups in total. The van der Waals surface area contributed by atoms with Gasteiger partial charge in [-0.1, -0.05) is 0 Å². The minimum absolute atomic E-state index is 0.112. The van der Waals surface area contributed by atoms with Crippen molar-refractivity contribution in [2.75, 3.05) is 6.54 Å². The molecule has 0 aliphatic carbocycles. The Balaban J connectivity index is 0. The van der Waals surface area contributed by atoms with Gasteiger partial charge in [-0.25, -0.2) is 0 Å². The van der Waals surface area contributed by atoms with Gasteiger partial charge in [0.15, 0.2) is 5.96 Å². The van der Waals surface area contributed by atoms with Crippen molar-refractivity contribution in [3.63, 3.8) is 0 Å². The van der Waals surface area contributed by atoms with Crippen molar-refractivity contribution in [3.05, 3.63) is 0 Å². The van der Waals surface area contributed by atoms with Gasteiger partial charge in [0, 0.05) is 6.54 Å². The number of carboxylic acid groups (broad SMARTS) is 1. The number of hydrogen-bond donors (Lipinski definition) is 7. The van der Waals surface area contributed by atoms with Crippen LogP contribution in [0.25, 0.3) is 0 Å². The topological polar surface area (TPSA) is 200 Å². The molecule has 17 heavy (non-hydrogen) atoms. The van der Waals surface area contributed by atoms with Gasteiger partial charge in [-0.05, 0) is 12.8 Å². The first-order valence-corrected chi connectivity index (χ1v) is 7.23. The van der Waals surface area contributed by atoms with Crippen molar-refractivity contribution >= 4 is 25.3 Å². The fourth-order valence-corrected chi connectivity index (χ4v) is 0.669. The average Bonchev–Trinajstić information content (AvgIpc) is 2.08. The number of nitrogens with two attached hydrogens (primary N) is 2. The van der Waals surface area contributed by atoms with Crippen LogP contribution < -0.4 is 16.8 Å². The predicted molar refractivity (Wildman–Crippen MR) is 56.3 cm³/mol. The summed E-state index contributed by atoms with van der Waals surface area (Å²) in [5.41, 5.74) is 10.2. The molecule has 0 heterocycles. The van der Waals surface area contributed by atoms with Crippen molar-refractivity contribution in [2.45, 2.75) is 18.9 Å². The fourth-order valence-electron chi connectivity index (χ4n) is 0.669. The SMILES string of the molecule is N=C(N)NCCC[C@H](N)C(=O)O.O=[Se](=O)(O)O. The molecule has 0 rings (SSSR count). The van der Waals surface area contributed by atoms with Gasteiger partial charge in [-0.15, -0.1) is 0 Å². The molecule has 0 bridgehead atoms. The van der Waals surface area contributed by atoms with Crippen molar-refractivity contribution in [3.8, 4) is 0 Å².